The molecule has 1 aromatic rings. The summed E-state index contributed by atoms with van der Waals surface area (Å²) in [5, 5.41) is 0. The summed E-state index contributed by atoms with van der Waals surface area (Å²) < 4.78 is 18.3. The zero-order valence-corrected chi connectivity index (χ0v) is 10.2. The molecule has 0 aliphatic carbocycles. The largest absolute Gasteiger partial charge is 0.494 e. The zero-order valence-electron chi connectivity index (χ0n) is 10.2. The maximum absolute atomic E-state index is 13.4. The zero-order chi connectivity index (χ0) is 12.1. The Hall–Kier alpha value is -1.31. The van der Waals surface area contributed by atoms with Crippen LogP contribution in [0.25, 0.3) is 5.57 Å². The number of benzene rings is 1. The van der Waals surface area contributed by atoms with Gasteiger partial charge in [-0.05, 0) is 42.0 Å². The molecule has 0 bridgehead atoms. The van der Waals surface area contributed by atoms with E-state index in [-0.39, 0.29) is 11.6 Å². The third kappa shape index (κ3) is 3.37. The molecule has 1 nitrogen and oxygen atoms in total. The van der Waals surface area contributed by atoms with Crippen LogP contribution in [0.1, 0.15) is 32.3 Å². The molecule has 0 saturated carbocycles. The van der Waals surface area contributed by atoms with E-state index in [1.165, 1.54) is 13.2 Å². The van der Waals surface area contributed by atoms with E-state index in [4.69, 9.17) is 4.74 Å². The standard InChI is InChI=1S/C14H19FO/c1-10(2)5-6-11(3)12-7-8-14(16-4)13(15)9-12/h7-10H,3,5-6H2,1-2,4H3. The van der Waals surface area contributed by atoms with Crippen LogP contribution in [0.2, 0.25) is 0 Å². The van der Waals surface area contributed by atoms with E-state index in [2.05, 4.69) is 20.4 Å². The minimum absolute atomic E-state index is 0.278. The van der Waals surface area contributed by atoms with Crippen LogP contribution in [0.15, 0.2) is 24.8 Å². The van der Waals surface area contributed by atoms with Crippen LogP contribution in [0.4, 0.5) is 4.39 Å². The fraction of sp³-hybridized carbons (Fsp3) is 0.429. The second-order valence-electron chi connectivity index (χ2n) is 4.39. The number of rotatable bonds is 5. The summed E-state index contributed by atoms with van der Waals surface area (Å²) in [6, 6.07) is 4.98. The molecule has 1 aromatic carbocycles. The summed E-state index contributed by atoms with van der Waals surface area (Å²) in [6.07, 6.45) is 1.98. The maximum atomic E-state index is 13.4. The van der Waals surface area contributed by atoms with E-state index in [9.17, 15) is 4.39 Å². The van der Waals surface area contributed by atoms with Crippen molar-refractivity contribution < 1.29 is 9.13 Å². The Morgan fingerprint density at radius 3 is 2.62 bits per heavy atom. The summed E-state index contributed by atoms with van der Waals surface area (Å²) in [5.41, 5.74) is 1.84. The topological polar surface area (TPSA) is 9.23 Å². The van der Waals surface area contributed by atoms with E-state index in [0.29, 0.717) is 5.92 Å². The van der Waals surface area contributed by atoms with Crippen LogP contribution in [0.3, 0.4) is 0 Å². The van der Waals surface area contributed by atoms with Crippen molar-refractivity contribution in [2.24, 2.45) is 5.92 Å². The molecule has 0 spiro atoms. The molecule has 0 aliphatic heterocycles. The van der Waals surface area contributed by atoms with Gasteiger partial charge in [0.05, 0.1) is 7.11 Å². The van der Waals surface area contributed by atoms with Gasteiger partial charge in [0.15, 0.2) is 11.6 Å². The van der Waals surface area contributed by atoms with Gasteiger partial charge in [-0.1, -0.05) is 26.5 Å². The molecular formula is C14H19FO. The van der Waals surface area contributed by atoms with Crippen LogP contribution in [-0.4, -0.2) is 7.11 Å². The highest BCUT2D eigenvalue weighted by atomic mass is 19.1. The molecule has 0 aromatic heterocycles. The van der Waals surface area contributed by atoms with E-state index in [0.717, 1.165) is 24.0 Å². The Balaban J connectivity index is 2.73. The van der Waals surface area contributed by atoms with Gasteiger partial charge in [-0.2, -0.15) is 0 Å². The predicted octanol–water partition coefficient (Wildman–Crippen LogP) is 4.28. The molecule has 16 heavy (non-hydrogen) atoms. The normalized spacial score (nSPS) is 10.6. The number of allylic oxidation sites excluding steroid dienone is 1. The van der Waals surface area contributed by atoms with Crippen LogP contribution in [0.5, 0.6) is 5.75 Å². The first-order valence-corrected chi connectivity index (χ1v) is 5.56. The van der Waals surface area contributed by atoms with Crippen molar-refractivity contribution in [1.82, 2.24) is 0 Å². The van der Waals surface area contributed by atoms with E-state index < -0.39 is 0 Å². The summed E-state index contributed by atoms with van der Waals surface area (Å²) in [4.78, 5) is 0. The van der Waals surface area contributed by atoms with Crippen LogP contribution in [-0.2, 0) is 0 Å². The fourth-order valence-electron chi connectivity index (χ4n) is 1.49. The Kier molecular flexibility index (Phi) is 4.53. The summed E-state index contributed by atoms with van der Waals surface area (Å²) in [6.45, 7) is 8.32. The van der Waals surface area contributed by atoms with Gasteiger partial charge in [0.1, 0.15) is 0 Å². The average Bonchev–Trinajstić information content (AvgIpc) is 2.25. The molecule has 0 heterocycles. The van der Waals surface area contributed by atoms with Crippen LogP contribution >= 0.6 is 0 Å². The highest BCUT2D eigenvalue weighted by Crippen LogP contribution is 2.25. The van der Waals surface area contributed by atoms with Crippen LogP contribution in [0, 0.1) is 11.7 Å². The van der Waals surface area contributed by atoms with E-state index >= 15 is 0 Å². The number of hydrogen-bond acceptors (Lipinski definition) is 1. The molecule has 1 rings (SSSR count). The van der Waals surface area contributed by atoms with Crippen molar-refractivity contribution >= 4 is 5.57 Å². The number of ether oxygens (including phenoxy) is 1. The van der Waals surface area contributed by atoms with Gasteiger partial charge in [-0.25, -0.2) is 4.39 Å². The highest BCUT2D eigenvalue weighted by Gasteiger charge is 2.06. The minimum Gasteiger partial charge on any atom is -0.494 e. The molecule has 2 heteroatoms. The molecule has 0 N–H and O–H groups in total. The minimum atomic E-state index is -0.328. The number of halogens is 1. The van der Waals surface area contributed by atoms with Crippen molar-refractivity contribution in [3.05, 3.63) is 36.2 Å². The molecule has 0 aliphatic rings. The average molecular weight is 222 g/mol. The quantitative estimate of drug-likeness (QED) is 0.722. The Labute approximate surface area is 96.9 Å². The first-order chi connectivity index (χ1) is 7.54. The lowest BCUT2D eigenvalue weighted by Crippen LogP contribution is -1.92. The molecule has 0 fully saturated rings. The highest BCUT2D eigenvalue weighted by molar-refractivity contribution is 5.64. The number of hydrogen-bond donors (Lipinski definition) is 0. The molecule has 0 saturated heterocycles. The molecule has 0 unspecified atom stereocenters. The number of methoxy groups -OCH3 is 1. The summed E-state index contributed by atoms with van der Waals surface area (Å²) >= 11 is 0. The third-order valence-electron chi connectivity index (χ3n) is 2.58. The van der Waals surface area contributed by atoms with Gasteiger partial charge in [-0.3, -0.25) is 0 Å². The Bertz CT molecular complexity index is 369. The van der Waals surface area contributed by atoms with E-state index in [1.807, 2.05) is 6.07 Å². The van der Waals surface area contributed by atoms with Gasteiger partial charge in [0.25, 0.3) is 0 Å². The Morgan fingerprint density at radius 1 is 1.44 bits per heavy atom. The van der Waals surface area contributed by atoms with Gasteiger partial charge in [-0.15, -0.1) is 0 Å². The second-order valence-corrected chi connectivity index (χ2v) is 4.39. The molecular weight excluding hydrogens is 203 g/mol. The lowest BCUT2D eigenvalue weighted by molar-refractivity contribution is 0.386. The Morgan fingerprint density at radius 2 is 2.12 bits per heavy atom. The monoisotopic (exact) mass is 222 g/mol. The van der Waals surface area contributed by atoms with E-state index in [1.54, 1.807) is 6.07 Å². The molecule has 0 atom stereocenters. The van der Waals surface area contributed by atoms with Gasteiger partial charge < -0.3 is 4.74 Å². The summed E-state index contributed by atoms with van der Waals surface area (Å²) in [5.74, 6) is 0.589. The maximum Gasteiger partial charge on any atom is 0.165 e. The molecule has 0 amide bonds. The SMILES string of the molecule is C=C(CCC(C)C)c1ccc(OC)c(F)c1. The van der Waals surface area contributed by atoms with Crippen molar-refractivity contribution in [1.29, 1.82) is 0 Å². The molecule has 0 radical (unpaired) electrons. The first kappa shape index (κ1) is 12.8. The van der Waals surface area contributed by atoms with Crippen molar-refractivity contribution in [2.75, 3.05) is 7.11 Å². The summed E-state index contributed by atoms with van der Waals surface area (Å²) in [7, 11) is 1.46. The lowest BCUT2D eigenvalue weighted by Gasteiger charge is -2.09. The second kappa shape index (κ2) is 5.69. The fourth-order valence-corrected chi connectivity index (χ4v) is 1.49. The van der Waals surface area contributed by atoms with Gasteiger partial charge in [0, 0.05) is 0 Å². The van der Waals surface area contributed by atoms with Crippen molar-refractivity contribution in [2.45, 2.75) is 26.7 Å². The third-order valence-corrected chi connectivity index (χ3v) is 2.58. The van der Waals surface area contributed by atoms with Crippen molar-refractivity contribution in [3.8, 4) is 5.75 Å². The lowest BCUT2D eigenvalue weighted by atomic mass is 9.98. The van der Waals surface area contributed by atoms with Crippen LogP contribution < -0.4 is 4.74 Å². The predicted molar refractivity (Wildman–Crippen MR) is 66.1 cm³/mol. The van der Waals surface area contributed by atoms with Gasteiger partial charge >= 0.3 is 0 Å². The molecule has 88 valence electrons. The smallest absolute Gasteiger partial charge is 0.165 e. The first-order valence-electron chi connectivity index (χ1n) is 5.56. The van der Waals surface area contributed by atoms with Crippen molar-refractivity contribution in [3.63, 3.8) is 0 Å². The van der Waals surface area contributed by atoms with Gasteiger partial charge in [0.2, 0.25) is 0 Å².